The maximum Gasteiger partial charge on any atom is 0.188 e. The van der Waals surface area contributed by atoms with Crippen LogP contribution in [0.1, 0.15) is 0 Å². The van der Waals surface area contributed by atoms with E-state index in [1.807, 2.05) is 0 Å². The van der Waals surface area contributed by atoms with Crippen LogP contribution in [0, 0.1) is 5.92 Å². The molecule has 0 aromatic heterocycles. The molecule has 0 bridgehead atoms. The summed E-state index contributed by atoms with van der Waals surface area (Å²) in [4.78, 5) is 15.8. The summed E-state index contributed by atoms with van der Waals surface area (Å²) >= 11 is 0. The lowest BCUT2D eigenvalue weighted by molar-refractivity contribution is -0.125. The number of hydrogen-bond donors (Lipinski definition) is 1. The molecule has 2 aliphatic rings. The minimum absolute atomic E-state index is 0.0494. The van der Waals surface area contributed by atoms with Crippen LogP contribution < -0.4 is 5.73 Å². The normalized spacial score (nSPS) is 28.0. The van der Waals surface area contributed by atoms with Crippen molar-refractivity contribution < 1.29 is 14.4 Å². The van der Waals surface area contributed by atoms with E-state index in [1.165, 1.54) is 6.26 Å². The molecule has 0 saturated carbocycles. The molecule has 58 valence electrons. The standard InChI is InChI=1S/C6H6N2O3/c7-6-5-3(9)1-10-2-4(5)11-8-6/h2,5H,1H2,(H2,7,8). The average molecular weight is 154 g/mol. The first-order chi connectivity index (χ1) is 5.29. The van der Waals surface area contributed by atoms with E-state index in [4.69, 9.17) is 15.3 Å². The second kappa shape index (κ2) is 1.98. The third kappa shape index (κ3) is 0.772. The molecule has 0 aromatic rings. The summed E-state index contributed by atoms with van der Waals surface area (Å²) in [7, 11) is 0. The first-order valence-electron chi connectivity index (χ1n) is 3.14. The van der Waals surface area contributed by atoms with Gasteiger partial charge in [0, 0.05) is 0 Å². The molecule has 1 atom stereocenters. The van der Waals surface area contributed by atoms with Gasteiger partial charge in [-0.05, 0) is 0 Å². The average Bonchev–Trinajstić information content (AvgIpc) is 2.34. The van der Waals surface area contributed by atoms with E-state index in [9.17, 15) is 4.79 Å². The van der Waals surface area contributed by atoms with Gasteiger partial charge in [0.2, 0.25) is 0 Å². The van der Waals surface area contributed by atoms with Gasteiger partial charge >= 0.3 is 0 Å². The molecule has 0 radical (unpaired) electrons. The van der Waals surface area contributed by atoms with E-state index in [-0.39, 0.29) is 18.2 Å². The predicted molar refractivity (Wildman–Crippen MR) is 35.2 cm³/mol. The summed E-state index contributed by atoms with van der Waals surface area (Å²) in [6.45, 7) is 0.0494. The van der Waals surface area contributed by atoms with Crippen LogP contribution in [0.4, 0.5) is 0 Å². The number of Topliss-reactive ketones (excluding diaryl/α,β-unsaturated/α-hetero) is 1. The van der Waals surface area contributed by atoms with Crippen LogP contribution in [-0.4, -0.2) is 18.2 Å². The number of nitrogens with two attached hydrogens (primary N) is 1. The first-order valence-corrected chi connectivity index (χ1v) is 3.14. The molecule has 0 fully saturated rings. The van der Waals surface area contributed by atoms with E-state index in [0.29, 0.717) is 5.76 Å². The molecular formula is C6H6N2O3. The smallest absolute Gasteiger partial charge is 0.188 e. The number of carbonyl (C=O) groups excluding carboxylic acids is 1. The van der Waals surface area contributed by atoms with E-state index >= 15 is 0 Å². The van der Waals surface area contributed by atoms with Gasteiger partial charge < -0.3 is 15.3 Å². The predicted octanol–water partition coefficient (Wildman–Crippen LogP) is -0.654. The number of rotatable bonds is 0. The lowest BCUT2D eigenvalue weighted by Gasteiger charge is -2.13. The van der Waals surface area contributed by atoms with Crippen LogP contribution in [0.2, 0.25) is 0 Å². The zero-order valence-electron chi connectivity index (χ0n) is 5.61. The molecule has 5 heteroatoms. The van der Waals surface area contributed by atoms with Crippen molar-refractivity contribution in [1.29, 1.82) is 0 Å². The van der Waals surface area contributed by atoms with Crippen LogP contribution in [0.3, 0.4) is 0 Å². The fraction of sp³-hybridized carbons (Fsp3) is 0.333. The highest BCUT2D eigenvalue weighted by atomic mass is 16.6. The van der Waals surface area contributed by atoms with Crippen molar-refractivity contribution in [3.63, 3.8) is 0 Å². The molecule has 0 aromatic carbocycles. The molecule has 2 aliphatic heterocycles. The fourth-order valence-electron chi connectivity index (χ4n) is 1.06. The summed E-state index contributed by atoms with van der Waals surface area (Å²) in [5.41, 5.74) is 5.39. The molecule has 11 heavy (non-hydrogen) atoms. The van der Waals surface area contributed by atoms with Gasteiger partial charge in [0.25, 0.3) is 0 Å². The summed E-state index contributed by atoms with van der Waals surface area (Å²) in [5.74, 6) is -0.00620. The molecular weight excluding hydrogens is 148 g/mol. The Balaban J connectivity index is 2.36. The van der Waals surface area contributed by atoms with Gasteiger partial charge in [-0.2, -0.15) is 0 Å². The van der Waals surface area contributed by atoms with Crippen LogP contribution >= 0.6 is 0 Å². The van der Waals surface area contributed by atoms with E-state index in [0.717, 1.165) is 0 Å². The highest BCUT2D eigenvalue weighted by molar-refractivity contribution is 6.07. The topological polar surface area (TPSA) is 73.9 Å². The SMILES string of the molecule is NC1=NOC2=COCC(=O)C21. The Kier molecular flexibility index (Phi) is 1.12. The van der Waals surface area contributed by atoms with E-state index < -0.39 is 5.92 Å². The lowest BCUT2D eigenvalue weighted by atomic mass is 10.0. The summed E-state index contributed by atoms with van der Waals surface area (Å²) < 4.78 is 4.78. The second-order valence-corrected chi connectivity index (χ2v) is 2.34. The van der Waals surface area contributed by atoms with Crippen molar-refractivity contribution in [1.82, 2.24) is 0 Å². The van der Waals surface area contributed by atoms with Crippen LogP contribution in [0.5, 0.6) is 0 Å². The number of amidine groups is 1. The summed E-state index contributed by atoms with van der Waals surface area (Å²) in [6.07, 6.45) is 1.37. The second-order valence-electron chi connectivity index (χ2n) is 2.34. The van der Waals surface area contributed by atoms with Crippen molar-refractivity contribution in [2.75, 3.05) is 6.61 Å². The van der Waals surface area contributed by atoms with Crippen molar-refractivity contribution in [3.05, 3.63) is 12.0 Å². The fourth-order valence-corrected chi connectivity index (χ4v) is 1.06. The quantitative estimate of drug-likeness (QED) is 0.503. The Hall–Kier alpha value is -1.52. The zero-order valence-corrected chi connectivity index (χ0v) is 5.61. The van der Waals surface area contributed by atoms with Gasteiger partial charge in [0.1, 0.15) is 18.8 Å². The minimum atomic E-state index is -0.497. The number of hydrogen-bond acceptors (Lipinski definition) is 5. The third-order valence-electron chi connectivity index (χ3n) is 1.58. The molecule has 5 nitrogen and oxygen atoms in total. The maximum atomic E-state index is 11.1. The number of ketones is 1. The number of oxime groups is 1. The van der Waals surface area contributed by atoms with Crippen molar-refractivity contribution >= 4 is 11.6 Å². The minimum Gasteiger partial charge on any atom is -0.490 e. The Morgan fingerprint density at radius 1 is 1.73 bits per heavy atom. The van der Waals surface area contributed by atoms with Gasteiger partial charge in [-0.25, -0.2) is 0 Å². The highest BCUT2D eigenvalue weighted by Crippen LogP contribution is 2.24. The largest absolute Gasteiger partial charge is 0.490 e. The number of fused-ring (bicyclic) bond motifs is 1. The molecule has 0 saturated heterocycles. The van der Waals surface area contributed by atoms with Crippen LogP contribution in [0.15, 0.2) is 17.2 Å². The lowest BCUT2D eigenvalue weighted by Crippen LogP contribution is -2.33. The van der Waals surface area contributed by atoms with Gasteiger partial charge in [-0.1, -0.05) is 5.16 Å². The molecule has 0 aliphatic carbocycles. The number of ether oxygens (including phenoxy) is 1. The monoisotopic (exact) mass is 154 g/mol. The van der Waals surface area contributed by atoms with Crippen LogP contribution in [-0.2, 0) is 14.4 Å². The van der Waals surface area contributed by atoms with Gasteiger partial charge in [0.05, 0.1) is 0 Å². The van der Waals surface area contributed by atoms with Crippen molar-refractivity contribution in [3.8, 4) is 0 Å². The molecule has 1 unspecified atom stereocenters. The molecule has 2 heterocycles. The van der Waals surface area contributed by atoms with E-state index in [2.05, 4.69) is 5.16 Å². The Labute approximate surface area is 62.4 Å². The van der Waals surface area contributed by atoms with Crippen molar-refractivity contribution in [2.24, 2.45) is 16.8 Å². The molecule has 2 N–H and O–H groups in total. The first kappa shape index (κ1) is 6.21. The van der Waals surface area contributed by atoms with E-state index in [1.54, 1.807) is 0 Å². The highest BCUT2D eigenvalue weighted by Gasteiger charge is 2.36. The third-order valence-corrected chi connectivity index (χ3v) is 1.58. The van der Waals surface area contributed by atoms with Gasteiger partial charge in [0.15, 0.2) is 17.4 Å². The summed E-state index contributed by atoms with van der Waals surface area (Å²) in [6, 6.07) is 0. The molecule has 0 spiro atoms. The number of nitrogens with zero attached hydrogens (tertiary/aromatic N) is 1. The maximum absolute atomic E-state index is 11.1. The Bertz CT molecular complexity index is 269. The molecule has 2 rings (SSSR count). The molecule has 0 amide bonds. The zero-order chi connectivity index (χ0) is 7.84. The Morgan fingerprint density at radius 3 is 3.27 bits per heavy atom. The van der Waals surface area contributed by atoms with Gasteiger partial charge in [-0.15, -0.1) is 0 Å². The Morgan fingerprint density at radius 2 is 2.55 bits per heavy atom. The van der Waals surface area contributed by atoms with Crippen LogP contribution in [0.25, 0.3) is 0 Å². The summed E-state index contributed by atoms with van der Waals surface area (Å²) in [5, 5.41) is 3.46. The van der Waals surface area contributed by atoms with Gasteiger partial charge in [-0.3, -0.25) is 4.79 Å². The number of carbonyl (C=O) groups is 1. The van der Waals surface area contributed by atoms with Crippen molar-refractivity contribution in [2.45, 2.75) is 0 Å².